The maximum absolute atomic E-state index is 12.3. The summed E-state index contributed by atoms with van der Waals surface area (Å²) in [5.41, 5.74) is 1.24. The Labute approximate surface area is 152 Å². The molecule has 0 aliphatic rings. The number of carbonyl (C=O) groups excluding carboxylic acids is 1. The highest BCUT2D eigenvalue weighted by Gasteiger charge is 2.09. The zero-order chi connectivity index (χ0) is 17.6. The van der Waals surface area contributed by atoms with Crippen LogP contribution in [-0.2, 0) is 6.61 Å². The fraction of sp³-hybridized carbons (Fsp3) is 0.0526. The minimum absolute atomic E-state index is 0.191. The first kappa shape index (κ1) is 17.0. The fourth-order valence-corrected chi connectivity index (χ4v) is 2.52. The van der Waals surface area contributed by atoms with E-state index < -0.39 is 0 Å². The van der Waals surface area contributed by atoms with Crippen molar-refractivity contribution in [3.05, 3.63) is 92.8 Å². The SMILES string of the molecule is O=C(Nc1cc(Br)c[nH]c1=O)c1ccc(COc2ccccc2)cc1. The van der Waals surface area contributed by atoms with Crippen molar-refractivity contribution >= 4 is 27.5 Å². The number of para-hydroxylation sites is 1. The molecule has 0 radical (unpaired) electrons. The van der Waals surface area contributed by atoms with Crippen molar-refractivity contribution in [3.8, 4) is 5.75 Å². The molecule has 0 fully saturated rings. The lowest BCUT2D eigenvalue weighted by Gasteiger charge is -2.08. The molecule has 25 heavy (non-hydrogen) atoms. The summed E-state index contributed by atoms with van der Waals surface area (Å²) in [5.74, 6) is 0.442. The summed E-state index contributed by atoms with van der Waals surface area (Å²) >= 11 is 3.25. The molecule has 0 saturated carbocycles. The lowest BCUT2D eigenvalue weighted by molar-refractivity contribution is 0.102. The van der Waals surface area contributed by atoms with Crippen LogP contribution in [-0.4, -0.2) is 10.9 Å². The molecule has 2 N–H and O–H groups in total. The molecular weight excluding hydrogens is 384 g/mol. The second kappa shape index (κ2) is 7.81. The summed E-state index contributed by atoms with van der Waals surface area (Å²) in [5, 5.41) is 2.60. The number of nitrogens with one attached hydrogen (secondary N) is 2. The molecule has 2 aromatic carbocycles. The number of benzene rings is 2. The van der Waals surface area contributed by atoms with Crippen LogP contribution in [0, 0.1) is 0 Å². The number of hydrogen-bond acceptors (Lipinski definition) is 3. The maximum Gasteiger partial charge on any atom is 0.271 e. The molecule has 1 aromatic heterocycles. The van der Waals surface area contributed by atoms with E-state index >= 15 is 0 Å². The lowest BCUT2D eigenvalue weighted by Crippen LogP contribution is -2.19. The number of aromatic amines is 1. The van der Waals surface area contributed by atoms with Gasteiger partial charge in [0, 0.05) is 16.2 Å². The molecule has 126 valence electrons. The van der Waals surface area contributed by atoms with E-state index in [9.17, 15) is 9.59 Å². The van der Waals surface area contributed by atoms with Crippen LogP contribution in [0.5, 0.6) is 5.75 Å². The molecule has 0 unspecified atom stereocenters. The number of halogens is 1. The number of aromatic nitrogens is 1. The topological polar surface area (TPSA) is 71.2 Å². The Morgan fingerprint density at radius 3 is 2.52 bits per heavy atom. The second-order valence-corrected chi connectivity index (χ2v) is 6.23. The molecule has 3 rings (SSSR count). The maximum atomic E-state index is 12.3. The molecule has 5 nitrogen and oxygen atoms in total. The molecule has 1 amide bonds. The normalized spacial score (nSPS) is 10.3. The van der Waals surface area contributed by atoms with E-state index in [1.165, 1.54) is 6.20 Å². The second-order valence-electron chi connectivity index (χ2n) is 5.31. The van der Waals surface area contributed by atoms with Crippen LogP contribution in [0.25, 0.3) is 0 Å². The van der Waals surface area contributed by atoms with Gasteiger partial charge in [-0.15, -0.1) is 0 Å². The van der Waals surface area contributed by atoms with E-state index in [0.717, 1.165) is 11.3 Å². The highest BCUT2D eigenvalue weighted by atomic mass is 79.9. The van der Waals surface area contributed by atoms with E-state index in [1.54, 1.807) is 18.2 Å². The Kier molecular flexibility index (Phi) is 5.30. The molecule has 0 bridgehead atoms. The summed E-state index contributed by atoms with van der Waals surface area (Å²) in [6.45, 7) is 0.414. The van der Waals surface area contributed by atoms with Crippen molar-refractivity contribution in [2.24, 2.45) is 0 Å². The van der Waals surface area contributed by atoms with Crippen LogP contribution in [0.3, 0.4) is 0 Å². The van der Waals surface area contributed by atoms with Crippen molar-refractivity contribution in [2.75, 3.05) is 5.32 Å². The molecule has 0 spiro atoms. The summed E-state index contributed by atoms with van der Waals surface area (Å²) in [7, 11) is 0. The van der Waals surface area contributed by atoms with E-state index in [4.69, 9.17) is 4.74 Å². The van der Waals surface area contributed by atoms with Crippen LogP contribution in [0.4, 0.5) is 5.69 Å². The quantitative estimate of drug-likeness (QED) is 0.682. The van der Waals surface area contributed by atoms with Gasteiger partial charge in [0.05, 0.1) is 0 Å². The van der Waals surface area contributed by atoms with Crippen molar-refractivity contribution in [1.82, 2.24) is 4.98 Å². The van der Waals surface area contributed by atoms with Crippen LogP contribution in [0.1, 0.15) is 15.9 Å². The number of anilines is 1. The summed E-state index contributed by atoms with van der Waals surface area (Å²) in [4.78, 5) is 26.5. The number of carbonyl (C=O) groups is 1. The third-order valence-electron chi connectivity index (χ3n) is 3.48. The summed E-state index contributed by atoms with van der Waals surface area (Å²) < 4.78 is 6.34. The fourth-order valence-electron chi connectivity index (χ4n) is 2.18. The van der Waals surface area contributed by atoms with E-state index in [-0.39, 0.29) is 17.2 Å². The minimum atomic E-state index is -0.357. The molecule has 0 aliphatic heterocycles. The van der Waals surface area contributed by atoms with Gasteiger partial charge in [-0.05, 0) is 51.8 Å². The number of ether oxygens (including phenoxy) is 1. The number of H-pyrrole nitrogens is 1. The third kappa shape index (κ3) is 4.58. The van der Waals surface area contributed by atoms with Crippen molar-refractivity contribution < 1.29 is 9.53 Å². The Morgan fingerprint density at radius 1 is 1.08 bits per heavy atom. The average molecular weight is 399 g/mol. The van der Waals surface area contributed by atoms with Gasteiger partial charge in [0.2, 0.25) is 0 Å². The van der Waals surface area contributed by atoms with Gasteiger partial charge < -0.3 is 15.0 Å². The first-order valence-electron chi connectivity index (χ1n) is 7.58. The van der Waals surface area contributed by atoms with E-state index in [0.29, 0.717) is 16.6 Å². The van der Waals surface area contributed by atoms with Crippen molar-refractivity contribution in [1.29, 1.82) is 0 Å². The lowest BCUT2D eigenvalue weighted by atomic mass is 10.1. The van der Waals surface area contributed by atoms with Gasteiger partial charge in [-0.25, -0.2) is 0 Å². The Balaban J connectivity index is 1.64. The predicted molar refractivity (Wildman–Crippen MR) is 99.9 cm³/mol. The van der Waals surface area contributed by atoms with Crippen molar-refractivity contribution in [2.45, 2.75) is 6.61 Å². The highest BCUT2D eigenvalue weighted by molar-refractivity contribution is 9.10. The van der Waals surface area contributed by atoms with Gasteiger partial charge in [-0.3, -0.25) is 9.59 Å². The predicted octanol–water partition coefficient (Wildman–Crippen LogP) is 3.97. The zero-order valence-electron chi connectivity index (χ0n) is 13.2. The standard InChI is InChI=1S/C19H15BrN2O3/c20-15-10-17(19(24)21-11-15)22-18(23)14-8-6-13(7-9-14)12-25-16-4-2-1-3-5-16/h1-11H,12H2,(H,21,24)(H,22,23). The number of hydrogen-bond donors (Lipinski definition) is 2. The molecular formula is C19H15BrN2O3. The average Bonchev–Trinajstić information content (AvgIpc) is 2.64. The Bertz CT molecular complexity index is 921. The summed E-state index contributed by atoms with van der Waals surface area (Å²) in [6, 6.07) is 18.1. The van der Waals surface area contributed by atoms with Gasteiger partial charge in [-0.1, -0.05) is 30.3 Å². The van der Waals surface area contributed by atoms with Crippen LogP contribution >= 0.6 is 15.9 Å². The van der Waals surface area contributed by atoms with E-state index in [1.807, 2.05) is 42.5 Å². The van der Waals surface area contributed by atoms with Crippen LogP contribution < -0.4 is 15.6 Å². The van der Waals surface area contributed by atoms with Gasteiger partial charge in [0.25, 0.3) is 11.5 Å². The summed E-state index contributed by atoms with van der Waals surface area (Å²) in [6.07, 6.45) is 1.51. The largest absolute Gasteiger partial charge is 0.489 e. The number of rotatable bonds is 5. The molecule has 0 atom stereocenters. The van der Waals surface area contributed by atoms with Gasteiger partial charge in [0.1, 0.15) is 18.0 Å². The van der Waals surface area contributed by atoms with Gasteiger partial charge in [-0.2, -0.15) is 0 Å². The van der Waals surface area contributed by atoms with Gasteiger partial charge in [0.15, 0.2) is 0 Å². The molecule has 0 aliphatic carbocycles. The van der Waals surface area contributed by atoms with Crippen LogP contribution in [0.15, 0.2) is 76.1 Å². The Morgan fingerprint density at radius 2 is 1.80 bits per heavy atom. The monoisotopic (exact) mass is 398 g/mol. The smallest absolute Gasteiger partial charge is 0.271 e. The van der Waals surface area contributed by atoms with E-state index in [2.05, 4.69) is 26.2 Å². The number of pyridine rings is 1. The molecule has 0 saturated heterocycles. The van der Waals surface area contributed by atoms with Crippen molar-refractivity contribution in [3.63, 3.8) is 0 Å². The third-order valence-corrected chi connectivity index (χ3v) is 3.94. The first-order valence-corrected chi connectivity index (χ1v) is 8.37. The molecule has 1 heterocycles. The highest BCUT2D eigenvalue weighted by Crippen LogP contribution is 2.14. The first-order chi connectivity index (χ1) is 12.1. The zero-order valence-corrected chi connectivity index (χ0v) is 14.7. The molecule has 6 heteroatoms. The molecule has 3 aromatic rings. The minimum Gasteiger partial charge on any atom is -0.489 e. The van der Waals surface area contributed by atoms with Crippen LogP contribution in [0.2, 0.25) is 0 Å². The number of amides is 1. The Hall–Kier alpha value is -2.86. The van der Waals surface area contributed by atoms with Gasteiger partial charge >= 0.3 is 0 Å².